The lowest BCUT2D eigenvalue weighted by Crippen LogP contribution is -2.52. The second kappa shape index (κ2) is 10.4. The Labute approximate surface area is 171 Å². The molecule has 0 aliphatic carbocycles. The number of thioether (sulfide) groups is 1. The molecule has 0 saturated carbocycles. The maximum absolute atomic E-state index is 12.5. The Morgan fingerprint density at radius 1 is 1.35 bits per heavy atom. The summed E-state index contributed by atoms with van der Waals surface area (Å²) in [5, 5.41) is 0. The number of carbonyl (C=O) groups is 1. The lowest BCUT2D eigenvalue weighted by Gasteiger charge is -2.38. The third kappa shape index (κ3) is 5.52. The Kier molecular flexibility index (Phi) is 9.24. The number of aromatic nitrogens is 2. The average Bonchev–Trinajstić information content (AvgIpc) is 2.96. The number of hydrogen-bond donors (Lipinski definition) is 1. The minimum atomic E-state index is 0. The summed E-state index contributed by atoms with van der Waals surface area (Å²) in [6.07, 6.45) is 7.41. The fourth-order valence-electron chi connectivity index (χ4n) is 3.36. The van der Waals surface area contributed by atoms with Gasteiger partial charge in [-0.1, -0.05) is 6.07 Å². The highest BCUT2D eigenvalue weighted by molar-refractivity contribution is 7.99. The molecule has 2 N–H and O–H groups in total. The van der Waals surface area contributed by atoms with E-state index in [2.05, 4.69) is 24.2 Å². The van der Waals surface area contributed by atoms with Crippen molar-refractivity contribution in [3.05, 3.63) is 35.8 Å². The fraction of sp³-hybridized carbons (Fsp3) is 0.556. The minimum Gasteiger partial charge on any atom is -0.337 e. The zero-order valence-corrected chi connectivity index (χ0v) is 17.7. The number of amides is 1. The van der Waals surface area contributed by atoms with Gasteiger partial charge in [-0.25, -0.2) is 4.98 Å². The van der Waals surface area contributed by atoms with Crippen LogP contribution in [0.2, 0.25) is 0 Å². The first-order chi connectivity index (χ1) is 11.5. The van der Waals surface area contributed by atoms with Gasteiger partial charge in [0.15, 0.2) is 0 Å². The lowest BCUT2D eigenvalue weighted by atomic mass is 9.97. The predicted octanol–water partition coefficient (Wildman–Crippen LogP) is 3.45. The third-order valence-electron chi connectivity index (χ3n) is 4.60. The molecular formula is C18H28Cl2N4OS. The monoisotopic (exact) mass is 418 g/mol. The largest absolute Gasteiger partial charge is 0.337 e. The minimum absolute atomic E-state index is 0. The first-order valence-corrected chi connectivity index (χ1v) is 9.77. The highest BCUT2D eigenvalue weighted by Gasteiger charge is 2.28. The number of hydrogen-bond acceptors (Lipinski definition) is 4. The quantitative estimate of drug-likeness (QED) is 0.807. The summed E-state index contributed by atoms with van der Waals surface area (Å²) in [6.45, 7) is 4.92. The second-order valence-electron chi connectivity index (χ2n) is 6.71. The van der Waals surface area contributed by atoms with Gasteiger partial charge in [0.2, 0.25) is 5.91 Å². The van der Waals surface area contributed by atoms with Crippen molar-refractivity contribution in [2.45, 2.75) is 50.9 Å². The van der Waals surface area contributed by atoms with Gasteiger partial charge in [-0.2, -0.15) is 0 Å². The summed E-state index contributed by atoms with van der Waals surface area (Å²) in [5.74, 6) is 1.46. The van der Waals surface area contributed by atoms with Crippen molar-refractivity contribution in [2.75, 3.05) is 12.3 Å². The van der Waals surface area contributed by atoms with Crippen LogP contribution >= 0.6 is 36.6 Å². The molecule has 1 aliphatic rings. The van der Waals surface area contributed by atoms with Crippen LogP contribution in [0.25, 0.3) is 5.65 Å². The van der Waals surface area contributed by atoms with Crippen molar-refractivity contribution in [3.8, 4) is 0 Å². The number of nitrogens with zero attached hydrogens (tertiary/aromatic N) is 3. The predicted molar refractivity (Wildman–Crippen MR) is 114 cm³/mol. The highest BCUT2D eigenvalue weighted by atomic mass is 35.5. The number of halogens is 2. The number of pyridine rings is 1. The van der Waals surface area contributed by atoms with Crippen LogP contribution in [-0.2, 0) is 10.5 Å². The number of imidazole rings is 1. The average molecular weight is 419 g/mol. The zero-order chi connectivity index (χ0) is 17.1. The van der Waals surface area contributed by atoms with Crippen molar-refractivity contribution in [2.24, 2.45) is 5.73 Å². The molecule has 8 heteroatoms. The molecular weight excluding hydrogens is 391 g/mol. The molecule has 146 valence electrons. The van der Waals surface area contributed by atoms with Crippen LogP contribution < -0.4 is 5.73 Å². The van der Waals surface area contributed by atoms with Gasteiger partial charge in [-0.3, -0.25) is 4.79 Å². The van der Waals surface area contributed by atoms with Gasteiger partial charge in [-0.05, 0) is 44.7 Å². The summed E-state index contributed by atoms with van der Waals surface area (Å²) in [5.41, 5.74) is 9.24. The maximum Gasteiger partial charge on any atom is 0.232 e. The van der Waals surface area contributed by atoms with Crippen LogP contribution in [0, 0.1) is 6.92 Å². The number of aryl methyl sites for hydroxylation is 1. The van der Waals surface area contributed by atoms with Crippen LogP contribution in [0.15, 0.2) is 24.5 Å². The Morgan fingerprint density at radius 3 is 2.85 bits per heavy atom. The Balaban J connectivity index is 0.00000169. The summed E-state index contributed by atoms with van der Waals surface area (Å²) in [6, 6.07) is 4.33. The van der Waals surface area contributed by atoms with Gasteiger partial charge in [0, 0.05) is 36.8 Å². The van der Waals surface area contributed by atoms with Crippen molar-refractivity contribution < 1.29 is 4.79 Å². The Morgan fingerprint density at radius 2 is 2.12 bits per heavy atom. The molecule has 0 spiro atoms. The SMILES string of the molecule is Cc1ccc2nc(CSCC(=O)N3CCCCC3C(C)N)cn2c1.Cl.Cl. The standard InChI is InChI=1S/C18H26N4OS.2ClH/c1-13-6-7-17-20-15(10-21(17)9-13)11-24-12-18(23)22-8-4-3-5-16(22)14(2)19;;/h6-7,9-10,14,16H,3-5,8,11-12,19H2,1-2H3;2*1H. The van der Waals surface area contributed by atoms with E-state index in [-0.39, 0.29) is 42.8 Å². The molecule has 3 heterocycles. The van der Waals surface area contributed by atoms with Gasteiger partial charge >= 0.3 is 0 Å². The summed E-state index contributed by atoms with van der Waals surface area (Å²) in [7, 11) is 0. The van der Waals surface area contributed by atoms with E-state index < -0.39 is 0 Å². The van der Waals surface area contributed by atoms with Crippen LogP contribution in [-0.4, -0.2) is 44.6 Å². The number of likely N-dealkylation sites (tertiary alicyclic amines) is 1. The first kappa shape index (κ1) is 23.1. The first-order valence-electron chi connectivity index (χ1n) is 8.61. The molecule has 1 saturated heterocycles. The van der Waals surface area contributed by atoms with E-state index >= 15 is 0 Å². The molecule has 0 radical (unpaired) electrons. The van der Waals surface area contributed by atoms with E-state index in [1.807, 2.05) is 28.5 Å². The van der Waals surface area contributed by atoms with Gasteiger partial charge in [0.1, 0.15) is 5.65 Å². The van der Waals surface area contributed by atoms with Crippen molar-refractivity contribution in [1.29, 1.82) is 0 Å². The Hall–Kier alpha value is -0.950. The molecule has 2 aromatic rings. The summed E-state index contributed by atoms with van der Waals surface area (Å²) < 4.78 is 2.05. The van der Waals surface area contributed by atoms with Gasteiger partial charge in [0.05, 0.1) is 11.4 Å². The van der Waals surface area contributed by atoms with E-state index in [4.69, 9.17) is 5.73 Å². The normalized spacial score (nSPS) is 18.1. The smallest absolute Gasteiger partial charge is 0.232 e. The molecule has 1 fully saturated rings. The second-order valence-corrected chi connectivity index (χ2v) is 7.69. The van der Waals surface area contributed by atoms with E-state index in [1.165, 1.54) is 12.0 Å². The molecule has 26 heavy (non-hydrogen) atoms. The van der Waals surface area contributed by atoms with Crippen LogP contribution in [0.4, 0.5) is 0 Å². The lowest BCUT2D eigenvalue weighted by molar-refractivity contribution is -0.132. The molecule has 0 aromatic carbocycles. The van der Waals surface area contributed by atoms with Crippen molar-refractivity contribution >= 4 is 48.1 Å². The number of nitrogens with two attached hydrogens (primary N) is 1. The van der Waals surface area contributed by atoms with E-state index in [0.717, 1.165) is 36.5 Å². The molecule has 3 rings (SSSR count). The Bertz CT molecular complexity index is 722. The molecule has 2 atom stereocenters. The van der Waals surface area contributed by atoms with E-state index in [9.17, 15) is 4.79 Å². The van der Waals surface area contributed by atoms with Gasteiger partial charge in [0.25, 0.3) is 0 Å². The number of rotatable bonds is 5. The summed E-state index contributed by atoms with van der Waals surface area (Å²) in [4.78, 5) is 19.1. The molecule has 2 unspecified atom stereocenters. The van der Waals surface area contributed by atoms with Crippen molar-refractivity contribution in [1.82, 2.24) is 14.3 Å². The van der Waals surface area contributed by atoms with Crippen LogP contribution in [0.1, 0.15) is 37.4 Å². The highest BCUT2D eigenvalue weighted by Crippen LogP contribution is 2.21. The van der Waals surface area contributed by atoms with E-state index in [1.54, 1.807) is 11.8 Å². The van der Waals surface area contributed by atoms with Gasteiger partial charge < -0.3 is 15.0 Å². The number of piperidine rings is 1. The van der Waals surface area contributed by atoms with Crippen molar-refractivity contribution in [3.63, 3.8) is 0 Å². The third-order valence-corrected chi connectivity index (χ3v) is 5.55. The van der Waals surface area contributed by atoms with Gasteiger partial charge in [-0.15, -0.1) is 36.6 Å². The van der Waals surface area contributed by atoms with E-state index in [0.29, 0.717) is 5.75 Å². The maximum atomic E-state index is 12.5. The molecule has 2 aromatic heterocycles. The number of fused-ring (bicyclic) bond motifs is 1. The zero-order valence-electron chi connectivity index (χ0n) is 15.3. The molecule has 1 amide bonds. The molecule has 1 aliphatic heterocycles. The van der Waals surface area contributed by atoms with Crippen LogP contribution in [0.5, 0.6) is 0 Å². The molecule has 5 nitrogen and oxygen atoms in total. The van der Waals surface area contributed by atoms with Crippen LogP contribution in [0.3, 0.4) is 0 Å². The molecule has 0 bridgehead atoms. The summed E-state index contributed by atoms with van der Waals surface area (Å²) >= 11 is 1.63. The fourth-order valence-corrected chi connectivity index (χ4v) is 4.16. The topological polar surface area (TPSA) is 63.6 Å². The number of carbonyl (C=O) groups excluding carboxylic acids is 1.